The van der Waals surface area contributed by atoms with Crippen LogP contribution >= 0.6 is 15.9 Å². The van der Waals surface area contributed by atoms with Gasteiger partial charge in [0.2, 0.25) is 0 Å². The lowest BCUT2D eigenvalue weighted by molar-refractivity contribution is -0.137. The van der Waals surface area contributed by atoms with E-state index in [2.05, 4.69) is 25.9 Å². The highest BCUT2D eigenvalue weighted by Gasteiger charge is 2.10. The number of rotatable bonds is 4. The summed E-state index contributed by atoms with van der Waals surface area (Å²) in [7, 11) is 0. The Labute approximate surface area is 114 Å². The van der Waals surface area contributed by atoms with Crippen LogP contribution in [-0.2, 0) is 9.53 Å². The third kappa shape index (κ3) is 4.29. The second-order valence-electron chi connectivity index (χ2n) is 3.41. The lowest BCUT2D eigenvalue weighted by atomic mass is 10.2. The van der Waals surface area contributed by atoms with E-state index in [4.69, 9.17) is 10.5 Å². The normalized spacial score (nSPS) is 12.4. The standard InChI is InChI=1S/C12H14BrN3O2/c1-3-18-12(17)10(8(2)14)7-16-11-6-9(13)4-5-15-11/h4-7H,3,14H2,1-2H3/b10-8+,16-7?. The van der Waals surface area contributed by atoms with Gasteiger partial charge in [0.05, 0.1) is 12.2 Å². The van der Waals surface area contributed by atoms with E-state index in [1.807, 2.05) is 0 Å². The molecule has 0 saturated heterocycles. The van der Waals surface area contributed by atoms with Gasteiger partial charge in [-0.05, 0) is 26.0 Å². The second-order valence-corrected chi connectivity index (χ2v) is 4.32. The van der Waals surface area contributed by atoms with Gasteiger partial charge < -0.3 is 10.5 Å². The average Bonchev–Trinajstić information content (AvgIpc) is 2.29. The van der Waals surface area contributed by atoms with Crippen molar-refractivity contribution >= 4 is 33.9 Å². The van der Waals surface area contributed by atoms with Crippen LogP contribution < -0.4 is 5.73 Å². The van der Waals surface area contributed by atoms with Crippen LogP contribution in [0.3, 0.4) is 0 Å². The van der Waals surface area contributed by atoms with Crippen molar-refractivity contribution < 1.29 is 9.53 Å². The molecular formula is C12H14BrN3O2. The number of ether oxygens (including phenoxy) is 1. The summed E-state index contributed by atoms with van der Waals surface area (Å²) < 4.78 is 5.74. The van der Waals surface area contributed by atoms with Crippen LogP contribution in [-0.4, -0.2) is 23.8 Å². The quantitative estimate of drug-likeness (QED) is 0.526. The molecule has 6 heteroatoms. The number of pyridine rings is 1. The maximum absolute atomic E-state index is 11.6. The minimum Gasteiger partial charge on any atom is -0.462 e. The number of nitrogens with zero attached hydrogens (tertiary/aromatic N) is 2. The molecule has 0 aromatic carbocycles. The van der Waals surface area contributed by atoms with Crippen LogP contribution in [0.2, 0.25) is 0 Å². The highest BCUT2D eigenvalue weighted by atomic mass is 79.9. The van der Waals surface area contributed by atoms with Gasteiger partial charge in [0.25, 0.3) is 0 Å². The summed E-state index contributed by atoms with van der Waals surface area (Å²) in [6, 6.07) is 3.51. The Morgan fingerprint density at radius 2 is 2.39 bits per heavy atom. The van der Waals surface area contributed by atoms with E-state index in [0.29, 0.717) is 18.1 Å². The van der Waals surface area contributed by atoms with Crippen molar-refractivity contribution in [2.45, 2.75) is 13.8 Å². The van der Waals surface area contributed by atoms with Gasteiger partial charge in [0, 0.05) is 22.6 Å². The smallest absolute Gasteiger partial charge is 0.341 e. The predicted molar refractivity (Wildman–Crippen MR) is 73.6 cm³/mol. The molecule has 0 fully saturated rings. The molecule has 0 bridgehead atoms. The number of allylic oxidation sites excluding steroid dienone is 1. The Morgan fingerprint density at radius 3 is 2.94 bits per heavy atom. The molecule has 2 N–H and O–H groups in total. The van der Waals surface area contributed by atoms with E-state index in [1.54, 1.807) is 32.2 Å². The lowest BCUT2D eigenvalue weighted by Crippen LogP contribution is -2.13. The Morgan fingerprint density at radius 1 is 1.67 bits per heavy atom. The first-order valence-electron chi connectivity index (χ1n) is 5.33. The molecule has 5 nitrogen and oxygen atoms in total. The monoisotopic (exact) mass is 311 g/mol. The fourth-order valence-corrected chi connectivity index (χ4v) is 1.44. The molecule has 0 unspecified atom stereocenters. The largest absolute Gasteiger partial charge is 0.462 e. The van der Waals surface area contributed by atoms with Crippen LogP contribution in [0, 0.1) is 0 Å². The summed E-state index contributed by atoms with van der Waals surface area (Å²) in [4.78, 5) is 19.7. The number of carbonyl (C=O) groups excluding carboxylic acids is 1. The first kappa shape index (κ1) is 14.4. The topological polar surface area (TPSA) is 77.6 Å². The van der Waals surface area contributed by atoms with E-state index in [9.17, 15) is 4.79 Å². The Hall–Kier alpha value is -1.69. The van der Waals surface area contributed by atoms with E-state index < -0.39 is 5.97 Å². The Bertz CT molecular complexity index is 494. The summed E-state index contributed by atoms with van der Waals surface area (Å²) in [6.45, 7) is 3.64. The Balaban J connectivity index is 2.92. The van der Waals surface area contributed by atoms with Crippen molar-refractivity contribution in [2.24, 2.45) is 10.7 Å². The van der Waals surface area contributed by atoms with E-state index in [0.717, 1.165) is 4.47 Å². The van der Waals surface area contributed by atoms with Gasteiger partial charge >= 0.3 is 5.97 Å². The summed E-state index contributed by atoms with van der Waals surface area (Å²) in [6.07, 6.45) is 2.97. The maximum atomic E-state index is 11.6. The molecule has 0 aliphatic rings. The molecule has 0 amide bonds. The molecule has 18 heavy (non-hydrogen) atoms. The van der Waals surface area contributed by atoms with Crippen molar-refractivity contribution in [2.75, 3.05) is 6.61 Å². The zero-order chi connectivity index (χ0) is 13.5. The first-order chi connectivity index (χ1) is 8.54. The molecule has 0 saturated carbocycles. The van der Waals surface area contributed by atoms with Gasteiger partial charge in [-0.25, -0.2) is 14.8 Å². The number of carbonyl (C=O) groups is 1. The molecule has 0 aliphatic carbocycles. The molecule has 0 spiro atoms. The van der Waals surface area contributed by atoms with Gasteiger partial charge in [-0.1, -0.05) is 15.9 Å². The second kappa shape index (κ2) is 6.90. The summed E-state index contributed by atoms with van der Waals surface area (Å²) >= 11 is 3.31. The maximum Gasteiger partial charge on any atom is 0.341 e. The van der Waals surface area contributed by atoms with Crippen molar-refractivity contribution in [3.05, 3.63) is 34.1 Å². The minimum absolute atomic E-state index is 0.235. The number of hydrogen-bond acceptors (Lipinski definition) is 5. The van der Waals surface area contributed by atoms with Gasteiger partial charge in [0.1, 0.15) is 0 Å². The Kier molecular flexibility index (Phi) is 5.51. The number of halogens is 1. The summed E-state index contributed by atoms with van der Waals surface area (Å²) in [5.41, 5.74) is 6.21. The molecular weight excluding hydrogens is 298 g/mol. The predicted octanol–water partition coefficient (Wildman–Crippen LogP) is 2.34. The lowest BCUT2D eigenvalue weighted by Gasteiger charge is -2.03. The fraction of sp³-hybridized carbons (Fsp3) is 0.250. The molecule has 96 valence electrons. The third-order valence-electron chi connectivity index (χ3n) is 1.95. The zero-order valence-corrected chi connectivity index (χ0v) is 11.8. The van der Waals surface area contributed by atoms with Gasteiger partial charge in [-0.15, -0.1) is 0 Å². The van der Waals surface area contributed by atoms with Gasteiger partial charge in [-0.3, -0.25) is 0 Å². The van der Waals surface area contributed by atoms with E-state index in [-0.39, 0.29) is 5.57 Å². The molecule has 1 aromatic rings. The molecule has 1 aromatic heterocycles. The molecule has 1 heterocycles. The van der Waals surface area contributed by atoms with Gasteiger partial charge in [0.15, 0.2) is 5.82 Å². The van der Waals surface area contributed by atoms with E-state index >= 15 is 0 Å². The molecule has 0 radical (unpaired) electrons. The molecule has 0 atom stereocenters. The number of esters is 1. The van der Waals surface area contributed by atoms with Crippen LogP contribution in [0.25, 0.3) is 0 Å². The van der Waals surface area contributed by atoms with E-state index in [1.165, 1.54) is 6.21 Å². The number of nitrogens with two attached hydrogens (primary N) is 1. The van der Waals surface area contributed by atoms with Crippen LogP contribution in [0.5, 0.6) is 0 Å². The van der Waals surface area contributed by atoms with Crippen LogP contribution in [0.15, 0.2) is 39.1 Å². The molecule has 1 rings (SSSR count). The van der Waals surface area contributed by atoms with Crippen LogP contribution in [0.1, 0.15) is 13.8 Å². The minimum atomic E-state index is -0.490. The highest BCUT2D eigenvalue weighted by molar-refractivity contribution is 9.10. The highest BCUT2D eigenvalue weighted by Crippen LogP contribution is 2.15. The fourth-order valence-electron chi connectivity index (χ4n) is 1.12. The average molecular weight is 312 g/mol. The van der Waals surface area contributed by atoms with Crippen molar-refractivity contribution in [1.29, 1.82) is 0 Å². The van der Waals surface area contributed by atoms with Gasteiger partial charge in [-0.2, -0.15) is 0 Å². The zero-order valence-electron chi connectivity index (χ0n) is 10.2. The number of aromatic nitrogens is 1. The number of aliphatic imine (C=N–C) groups is 1. The SMILES string of the molecule is CCOC(=O)/C(C=Nc1cc(Br)ccn1)=C(\C)N. The number of hydrogen-bond donors (Lipinski definition) is 1. The first-order valence-corrected chi connectivity index (χ1v) is 6.13. The molecule has 0 aliphatic heterocycles. The summed E-state index contributed by atoms with van der Waals surface area (Å²) in [5.74, 6) is -0.0105. The summed E-state index contributed by atoms with van der Waals surface area (Å²) in [5, 5.41) is 0. The van der Waals surface area contributed by atoms with Crippen molar-refractivity contribution in [3.63, 3.8) is 0 Å². The third-order valence-corrected chi connectivity index (χ3v) is 2.45. The van der Waals surface area contributed by atoms with Crippen molar-refractivity contribution in [3.8, 4) is 0 Å². The van der Waals surface area contributed by atoms with Crippen LogP contribution in [0.4, 0.5) is 5.82 Å². The van der Waals surface area contributed by atoms with Crippen molar-refractivity contribution in [1.82, 2.24) is 4.98 Å².